The molecule has 1 aliphatic carbocycles. The first-order valence-electron chi connectivity index (χ1n) is 9.53. The molecule has 144 valence electrons. The lowest BCUT2D eigenvalue weighted by molar-refractivity contribution is -0.134. The van der Waals surface area contributed by atoms with Crippen molar-refractivity contribution in [2.75, 3.05) is 11.9 Å². The van der Waals surface area contributed by atoms with Crippen LogP contribution >= 0.6 is 0 Å². The van der Waals surface area contributed by atoms with E-state index in [0.717, 1.165) is 28.9 Å². The lowest BCUT2D eigenvalue weighted by Gasteiger charge is -2.21. The number of para-hydroxylation sites is 1. The molecule has 2 aliphatic rings. The second-order valence-corrected chi connectivity index (χ2v) is 7.67. The van der Waals surface area contributed by atoms with Crippen LogP contribution in [0.15, 0.2) is 54.6 Å². The van der Waals surface area contributed by atoms with Crippen LogP contribution < -0.4 is 10.6 Å². The smallest absolute Gasteiger partial charge is 0.324 e. The first-order chi connectivity index (χ1) is 13.5. The van der Waals surface area contributed by atoms with Gasteiger partial charge in [0.05, 0.1) is 0 Å². The van der Waals surface area contributed by atoms with Crippen molar-refractivity contribution in [2.24, 2.45) is 5.92 Å². The van der Waals surface area contributed by atoms with E-state index in [1.807, 2.05) is 54.6 Å². The monoisotopic (exact) mass is 377 g/mol. The molecule has 2 aromatic carbocycles. The van der Waals surface area contributed by atoms with Crippen LogP contribution in [0.25, 0.3) is 0 Å². The van der Waals surface area contributed by atoms with Gasteiger partial charge in [0.25, 0.3) is 5.91 Å². The summed E-state index contributed by atoms with van der Waals surface area (Å²) in [6.07, 6.45) is 2.53. The number of carbonyl (C=O) groups excluding carboxylic acids is 3. The molecule has 0 spiro atoms. The van der Waals surface area contributed by atoms with Crippen molar-refractivity contribution in [3.63, 3.8) is 0 Å². The highest BCUT2D eigenvalue weighted by atomic mass is 16.2. The Labute approximate surface area is 163 Å². The van der Waals surface area contributed by atoms with E-state index in [0.29, 0.717) is 12.1 Å². The number of urea groups is 1. The quantitative estimate of drug-likeness (QED) is 0.760. The molecule has 1 heterocycles. The molecule has 6 nitrogen and oxygen atoms in total. The third-order valence-corrected chi connectivity index (χ3v) is 5.53. The van der Waals surface area contributed by atoms with Crippen molar-refractivity contribution in [1.82, 2.24) is 10.2 Å². The number of amides is 4. The maximum Gasteiger partial charge on any atom is 0.325 e. The largest absolute Gasteiger partial charge is 0.325 e. The molecule has 0 unspecified atom stereocenters. The van der Waals surface area contributed by atoms with Gasteiger partial charge in [-0.1, -0.05) is 48.5 Å². The van der Waals surface area contributed by atoms with Gasteiger partial charge >= 0.3 is 6.03 Å². The molecule has 4 rings (SSSR count). The van der Waals surface area contributed by atoms with Gasteiger partial charge in [0.15, 0.2) is 0 Å². The predicted octanol–water partition coefficient (Wildman–Crippen LogP) is 2.94. The molecule has 6 heteroatoms. The number of anilines is 1. The highest BCUT2D eigenvalue weighted by Crippen LogP contribution is 2.42. The summed E-state index contributed by atoms with van der Waals surface area (Å²) in [5.74, 6) is -0.527. The molecule has 1 saturated carbocycles. The Hall–Kier alpha value is -3.15. The zero-order valence-electron chi connectivity index (χ0n) is 15.8. The summed E-state index contributed by atoms with van der Waals surface area (Å²) in [6.45, 7) is 1.46. The lowest BCUT2D eigenvalue weighted by Crippen LogP contribution is -2.46. The van der Waals surface area contributed by atoms with Crippen LogP contribution in [0.3, 0.4) is 0 Å². The van der Waals surface area contributed by atoms with Gasteiger partial charge in [-0.25, -0.2) is 4.79 Å². The predicted molar refractivity (Wildman–Crippen MR) is 106 cm³/mol. The summed E-state index contributed by atoms with van der Waals surface area (Å²) in [7, 11) is 0. The van der Waals surface area contributed by atoms with Gasteiger partial charge in [0.2, 0.25) is 5.91 Å². The number of rotatable bonds is 6. The van der Waals surface area contributed by atoms with Crippen molar-refractivity contribution >= 4 is 23.5 Å². The van der Waals surface area contributed by atoms with E-state index >= 15 is 0 Å². The number of nitrogens with one attached hydrogen (secondary N) is 2. The molecule has 2 fully saturated rings. The van der Waals surface area contributed by atoms with E-state index in [4.69, 9.17) is 0 Å². The summed E-state index contributed by atoms with van der Waals surface area (Å²) in [4.78, 5) is 38.5. The normalized spacial score (nSPS) is 21.5. The molecule has 1 atom stereocenters. The molecular weight excluding hydrogens is 354 g/mol. The third kappa shape index (κ3) is 3.50. The Morgan fingerprint density at radius 1 is 1.11 bits per heavy atom. The molecule has 0 bridgehead atoms. The van der Waals surface area contributed by atoms with E-state index in [2.05, 4.69) is 10.6 Å². The van der Waals surface area contributed by atoms with Gasteiger partial charge in [-0.2, -0.15) is 0 Å². The fraction of sp³-hybridized carbons (Fsp3) is 0.318. The molecule has 4 amide bonds. The van der Waals surface area contributed by atoms with Crippen LogP contribution in [-0.2, 0) is 16.0 Å². The number of imide groups is 1. The van der Waals surface area contributed by atoms with E-state index in [9.17, 15) is 14.4 Å². The lowest BCUT2D eigenvalue weighted by atomic mass is 9.96. The second kappa shape index (κ2) is 7.11. The van der Waals surface area contributed by atoms with E-state index in [1.165, 1.54) is 0 Å². The standard InChI is InChI=1S/C22H23N3O3/c1-22(17-11-12-17)20(27)25(21(28)24-22)14-19(26)23-18-10-6-5-9-16(18)13-15-7-3-2-4-8-15/h2-10,17H,11-14H2,1H3,(H,23,26)(H,24,28)/t22-/m0/s1. The summed E-state index contributed by atoms with van der Waals surface area (Å²) >= 11 is 0. The Bertz CT molecular complexity index is 924. The van der Waals surface area contributed by atoms with Crippen molar-refractivity contribution < 1.29 is 14.4 Å². The number of hydrogen-bond donors (Lipinski definition) is 2. The van der Waals surface area contributed by atoms with Crippen molar-refractivity contribution in [3.8, 4) is 0 Å². The summed E-state index contributed by atoms with van der Waals surface area (Å²) in [5.41, 5.74) is 1.93. The Morgan fingerprint density at radius 3 is 2.50 bits per heavy atom. The Balaban J connectivity index is 1.44. The maximum absolute atomic E-state index is 12.7. The summed E-state index contributed by atoms with van der Waals surface area (Å²) < 4.78 is 0. The summed E-state index contributed by atoms with van der Waals surface area (Å²) in [5, 5.41) is 5.62. The van der Waals surface area contributed by atoms with Gasteiger partial charge in [0.1, 0.15) is 12.1 Å². The molecular formula is C22H23N3O3. The van der Waals surface area contributed by atoms with Crippen LogP contribution in [-0.4, -0.2) is 34.8 Å². The Kier molecular flexibility index (Phi) is 4.63. The zero-order valence-corrected chi connectivity index (χ0v) is 15.8. The minimum atomic E-state index is -0.872. The molecule has 1 aliphatic heterocycles. The van der Waals surface area contributed by atoms with Gasteiger partial charge in [-0.3, -0.25) is 14.5 Å². The SMILES string of the molecule is C[C@@]1(C2CC2)NC(=O)N(CC(=O)Nc2ccccc2Cc2ccccc2)C1=O. The third-order valence-electron chi connectivity index (χ3n) is 5.53. The van der Waals surface area contributed by atoms with E-state index < -0.39 is 11.6 Å². The van der Waals surface area contributed by atoms with Crippen molar-refractivity contribution in [1.29, 1.82) is 0 Å². The number of carbonyl (C=O) groups is 3. The Morgan fingerprint density at radius 2 is 1.79 bits per heavy atom. The van der Waals surface area contributed by atoms with Crippen LogP contribution in [0, 0.1) is 5.92 Å². The van der Waals surface area contributed by atoms with Crippen LogP contribution in [0.2, 0.25) is 0 Å². The number of hydrogen-bond acceptors (Lipinski definition) is 3. The minimum absolute atomic E-state index is 0.170. The highest BCUT2D eigenvalue weighted by Gasteiger charge is 2.56. The fourth-order valence-electron chi connectivity index (χ4n) is 3.74. The molecule has 2 aromatic rings. The van der Waals surface area contributed by atoms with Crippen LogP contribution in [0.4, 0.5) is 10.5 Å². The fourth-order valence-corrected chi connectivity index (χ4v) is 3.74. The van der Waals surface area contributed by atoms with E-state index in [1.54, 1.807) is 6.92 Å². The molecule has 0 aromatic heterocycles. The average Bonchev–Trinajstić information content (AvgIpc) is 3.50. The van der Waals surface area contributed by atoms with Gasteiger partial charge in [0, 0.05) is 5.69 Å². The van der Waals surface area contributed by atoms with Crippen molar-refractivity contribution in [3.05, 3.63) is 65.7 Å². The highest BCUT2D eigenvalue weighted by molar-refractivity contribution is 6.10. The second-order valence-electron chi connectivity index (χ2n) is 7.67. The zero-order chi connectivity index (χ0) is 19.7. The number of benzene rings is 2. The van der Waals surface area contributed by atoms with Gasteiger partial charge in [-0.15, -0.1) is 0 Å². The molecule has 28 heavy (non-hydrogen) atoms. The van der Waals surface area contributed by atoms with Crippen LogP contribution in [0.1, 0.15) is 30.9 Å². The first-order valence-corrected chi connectivity index (χ1v) is 9.53. The molecule has 0 radical (unpaired) electrons. The van der Waals surface area contributed by atoms with Gasteiger partial charge < -0.3 is 10.6 Å². The first kappa shape index (κ1) is 18.2. The maximum atomic E-state index is 12.7. The van der Waals surface area contributed by atoms with E-state index in [-0.39, 0.29) is 24.3 Å². The molecule has 1 saturated heterocycles. The van der Waals surface area contributed by atoms with Gasteiger partial charge in [-0.05, 0) is 49.3 Å². The minimum Gasteiger partial charge on any atom is -0.324 e. The van der Waals surface area contributed by atoms with Crippen LogP contribution in [0.5, 0.6) is 0 Å². The topological polar surface area (TPSA) is 78.5 Å². The average molecular weight is 377 g/mol. The summed E-state index contributed by atoms with van der Waals surface area (Å²) in [6, 6.07) is 17.0. The molecule has 2 N–H and O–H groups in total. The van der Waals surface area contributed by atoms with Crippen molar-refractivity contribution in [2.45, 2.75) is 31.7 Å². The number of nitrogens with zero attached hydrogens (tertiary/aromatic N) is 1.